The molecule has 0 unspecified atom stereocenters. The zero-order chi connectivity index (χ0) is 27.9. The molecule has 1 N–H and O–H groups in total. The van der Waals surface area contributed by atoms with Gasteiger partial charge in [0.2, 0.25) is 0 Å². The van der Waals surface area contributed by atoms with Crippen molar-refractivity contribution in [1.29, 1.82) is 0 Å². The summed E-state index contributed by atoms with van der Waals surface area (Å²) in [5.41, 5.74) is 5.58. The van der Waals surface area contributed by atoms with E-state index in [2.05, 4.69) is 71.6 Å². The number of anilines is 1. The Morgan fingerprint density at radius 3 is 2.31 bits per heavy atom. The number of nitrogens with zero attached hydrogens (tertiary/aromatic N) is 3. The summed E-state index contributed by atoms with van der Waals surface area (Å²) >= 11 is 0. The Morgan fingerprint density at radius 2 is 1.62 bits per heavy atom. The standard InChI is InChI=1S/C32H44N4O2S/c1-5-6-7-8-9-10-31-33-22-29(23-34-31)35-39(37,38)30-16-13-27-24-36(20-18-26(27)21-30)19-17-25-11-14-28(15-12-25)32(2,3)4/h11-16,21-23,35H,5-10,17-20,24H2,1-4H3. The average Bonchev–Trinajstić information content (AvgIpc) is 2.92. The summed E-state index contributed by atoms with van der Waals surface area (Å²) in [4.78, 5) is 11.5. The molecule has 2 heterocycles. The topological polar surface area (TPSA) is 75.2 Å². The Morgan fingerprint density at radius 1 is 0.897 bits per heavy atom. The SMILES string of the molecule is CCCCCCCc1ncc(NS(=O)(=O)c2ccc3c(c2)CCN(CCc2ccc(C(C)(C)C)cc2)C3)cn1. The molecule has 0 saturated carbocycles. The van der Waals surface area contributed by atoms with Crippen LogP contribution in [0.5, 0.6) is 0 Å². The number of hydrogen-bond acceptors (Lipinski definition) is 5. The highest BCUT2D eigenvalue weighted by Crippen LogP contribution is 2.25. The molecule has 1 aliphatic rings. The molecule has 7 heteroatoms. The quantitative estimate of drug-likeness (QED) is 0.255. The number of fused-ring (bicyclic) bond motifs is 1. The molecule has 0 atom stereocenters. The normalized spacial score (nSPS) is 14.3. The molecule has 4 rings (SSSR count). The zero-order valence-corrected chi connectivity index (χ0v) is 24.9. The Bertz CT molecular complexity index is 1310. The van der Waals surface area contributed by atoms with Crippen molar-refractivity contribution in [3.8, 4) is 0 Å². The summed E-state index contributed by atoms with van der Waals surface area (Å²) in [6.07, 6.45) is 11.8. The number of aromatic nitrogens is 2. The molecular formula is C32H44N4O2S. The third-order valence-electron chi connectivity index (χ3n) is 7.58. The van der Waals surface area contributed by atoms with Crippen molar-refractivity contribution >= 4 is 15.7 Å². The number of benzene rings is 2. The van der Waals surface area contributed by atoms with Crippen LogP contribution in [0.2, 0.25) is 0 Å². The van der Waals surface area contributed by atoms with E-state index in [1.807, 2.05) is 12.1 Å². The van der Waals surface area contributed by atoms with Crippen molar-refractivity contribution in [2.75, 3.05) is 17.8 Å². The minimum Gasteiger partial charge on any atom is -0.298 e. The predicted molar refractivity (Wildman–Crippen MR) is 160 cm³/mol. The molecule has 0 fully saturated rings. The number of sulfonamides is 1. The van der Waals surface area contributed by atoms with Crippen molar-refractivity contribution in [1.82, 2.24) is 14.9 Å². The molecule has 2 aromatic carbocycles. The lowest BCUT2D eigenvalue weighted by Crippen LogP contribution is -2.32. The Labute approximate surface area is 235 Å². The van der Waals surface area contributed by atoms with Crippen LogP contribution in [0.1, 0.15) is 87.9 Å². The number of aryl methyl sites for hydroxylation is 1. The monoisotopic (exact) mass is 548 g/mol. The largest absolute Gasteiger partial charge is 0.298 e. The van der Waals surface area contributed by atoms with Gasteiger partial charge in [-0.25, -0.2) is 18.4 Å². The second-order valence-electron chi connectivity index (χ2n) is 11.8. The molecule has 0 spiro atoms. The summed E-state index contributed by atoms with van der Waals surface area (Å²) in [5.74, 6) is 0.759. The van der Waals surface area contributed by atoms with Crippen LogP contribution in [0.15, 0.2) is 59.8 Å². The number of nitrogens with one attached hydrogen (secondary N) is 1. The van der Waals surface area contributed by atoms with E-state index in [0.29, 0.717) is 5.69 Å². The van der Waals surface area contributed by atoms with Crippen molar-refractivity contribution < 1.29 is 8.42 Å². The summed E-state index contributed by atoms with van der Waals surface area (Å²) in [7, 11) is -3.70. The van der Waals surface area contributed by atoms with Crippen LogP contribution in [0.25, 0.3) is 0 Å². The van der Waals surface area contributed by atoms with Crippen molar-refractivity contribution in [3.63, 3.8) is 0 Å². The van der Waals surface area contributed by atoms with Gasteiger partial charge in [-0.2, -0.15) is 0 Å². The fourth-order valence-corrected chi connectivity index (χ4v) is 6.12. The Kier molecular flexibility index (Phi) is 9.78. The zero-order valence-electron chi connectivity index (χ0n) is 24.0. The minimum atomic E-state index is -3.70. The van der Waals surface area contributed by atoms with Gasteiger partial charge in [0.15, 0.2) is 0 Å². The van der Waals surface area contributed by atoms with Crippen LogP contribution in [-0.4, -0.2) is 36.4 Å². The number of unbranched alkanes of at least 4 members (excludes halogenated alkanes) is 4. The van der Waals surface area contributed by atoms with Crippen LogP contribution in [0.3, 0.4) is 0 Å². The van der Waals surface area contributed by atoms with Gasteiger partial charge in [-0.3, -0.25) is 9.62 Å². The second-order valence-corrected chi connectivity index (χ2v) is 13.5. The molecule has 0 saturated heterocycles. The van der Waals surface area contributed by atoms with Gasteiger partial charge in [0.05, 0.1) is 23.0 Å². The fourth-order valence-electron chi connectivity index (χ4n) is 5.04. The van der Waals surface area contributed by atoms with Gasteiger partial charge in [-0.15, -0.1) is 0 Å². The predicted octanol–water partition coefficient (Wildman–Crippen LogP) is 6.69. The van der Waals surface area contributed by atoms with Gasteiger partial charge in [-0.1, -0.05) is 83.7 Å². The third kappa shape index (κ3) is 8.36. The van der Waals surface area contributed by atoms with E-state index in [1.54, 1.807) is 18.5 Å². The van der Waals surface area contributed by atoms with Crippen LogP contribution < -0.4 is 4.72 Å². The first-order valence-corrected chi connectivity index (χ1v) is 15.9. The van der Waals surface area contributed by atoms with Gasteiger partial charge in [0.1, 0.15) is 5.82 Å². The molecule has 39 heavy (non-hydrogen) atoms. The molecule has 0 aliphatic carbocycles. The van der Waals surface area contributed by atoms with E-state index in [-0.39, 0.29) is 10.3 Å². The maximum atomic E-state index is 13.1. The van der Waals surface area contributed by atoms with Crippen LogP contribution in [0, 0.1) is 0 Å². The Hall–Kier alpha value is -2.77. The molecule has 3 aromatic rings. The molecule has 1 aromatic heterocycles. The molecule has 210 valence electrons. The van der Waals surface area contributed by atoms with Gasteiger partial charge in [0, 0.05) is 26.1 Å². The van der Waals surface area contributed by atoms with Crippen LogP contribution >= 0.6 is 0 Å². The van der Waals surface area contributed by atoms with Crippen molar-refractivity contribution in [2.45, 2.75) is 95.9 Å². The summed E-state index contributed by atoms with van der Waals surface area (Å²) in [5, 5.41) is 0. The van der Waals surface area contributed by atoms with Crippen molar-refractivity contribution in [2.24, 2.45) is 0 Å². The lowest BCUT2D eigenvalue weighted by molar-refractivity contribution is 0.257. The first kappa shape index (κ1) is 29.2. The molecule has 1 aliphatic heterocycles. The van der Waals surface area contributed by atoms with E-state index in [0.717, 1.165) is 56.7 Å². The lowest BCUT2D eigenvalue weighted by Gasteiger charge is -2.29. The van der Waals surface area contributed by atoms with Gasteiger partial charge in [-0.05, 0) is 59.1 Å². The maximum absolute atomic E-state index is 13.1. The van der Waals surface area contributed by atoms with Gasteiger partial charge < -0.3 is 0 Å². The van der Waals surface area contributed by atoms with Crippen LogP contribution in [0.4, 0.5) is 5.69 Å². The summed E-state index contributed by atoms with van der Waals surface area (Å²) < 4.78 is 28.8. The smallest absolute Gasteiger partial charge is 0.262 e. The third-order valence-corrected chi connectivity index (χ3v) is 8.96. The van der Waals surface area contributed by atoms with E-state index in [9.17, 15) is 8.42 Å². The van der Waals surface area contributed by atoms with E-state index >= 15 is 0 Å². The number of rotatable bonds is 12. The average molecular weight is 549 g/mol. The highest BCUT2D eigenvalue weighted by Gasteiger charge is 2.21. The van der Waals surface area contributed by atoms with E-state index in [1.165, 1.54) is 42.4 Å². The summed E-state index contributed by atoms with van der Waals surface area (Å²) in [6, 6.07) is 14.5. The molecular weight excluding hydrogens is 504 g/mol. The fraction of sp³-hybridized carbons (Fsp3) is 0.500. The minimum absolute atomic E-state index is 0.169. The highest BCUT2D eigenvalue weighted by atomic mass is 32.2. The van der Waals surface area contributed by atoms with E-state index < -0.39 is 10.0 Å². The first-order chi connectivity index (χ1) is 18.6. The van der Waals surface area contributed by atoms with Gasteiger partial charge >= 0.3 is 0 Å². The lowest BCUT2D eigenvalue weighted by atomic mass is 9.86. The van der Waals surface area contributed by atoms with Gasteiger partial charge in [0.25, 0.3) is 10.0 Å². The number of hydrogen-bond donors (Lipinski definition) is 1. The van der Waals surface area contributed by atoms with Crippen LogP contribution in [-0.2, 0) is 41.2 Å². The highest BCUT2D eigenvalue weighted by molar-refractivity contribution is 7.92. The van der Waals surface area contributed by atoms with Crippen molar-refractivity contribution in [3.05, 3.63) is 82.9 Å². The molecule has 6 nitrogen and oxygen atoms in total. The molecule has 0 bridgehead atoms. The molecule has 0 amide bonds. The maximum Gasteiger partial charge on any atom is 0.262 e. The van der Waals surface area contributed by atoms with E-state index in [4.69, 9.17) is 0 Å². The summed E-state index contributed by atoms with van der Waals surface area (Å²) in [6.45, 7) is 11.7. The Balaban J connectivity index is 1.30. The molecule has 0 radical (unpaired) electrons. The first-order valence-electron chi connectivity index (χ1n) is 14.4. The second kappa shape index (κ2) is 13.1.